The molecule has 1 nitrogen and oxygen atoms in total. The predicted molar refractivity (Wildman–Crippen MR) is 38.3 cm³/mol. The van der Waals surface area contributed by atoms with Crippen LogP contribution in [0.3, 0.4) is 0 Å². The summed E-state index contributed by atoms with van der Waals surface area (Å²) in [6, 6.07) is 0. The van der Waals surface area contributed by atoms with E-state index in [9.17, 15) is 0 Å². The van der Waals surface area contributed by atoms with Gasteiger partial charge in [-0.1, -0.05) is 32.1 Å². The quantitative estimate of drug-likeness (QED) is 0.476. The molecule has 54 valence electrons. The van der Waals surface area contributed by atoms with Gasteiger partial charge in [-0.3, -0.25) is 0 Å². The van der Waals surface area contributed by atoms with E-state index in [1.807, 2.05) is 0 Å². The second-order valence-electron chi connectivity index (χ2n) is 3.48. The summed E-state index contributed by atoms with van der Waals surface area (Å²) in [5.41, 5.74) is 0. The van der Waals surface area contributed by atoms with Crippen LogP contribution in [0.4, 0.5) is 0 Å². The van der Waals surface area contributed by atoms with Crippen molar-refractivity contribution in [3.05, 3.63) is 0 Å². The zero-order valence-corrected chi connectivity index (χ0v) is 5.90. The molecule has 2 atom stereocenters. The topological polar surface area (TPSA) is 31.5 Å². The molecule has 0 amide bonds. The van der Waals surface area contributed by atoms with E-state index in [2.05, 4.69) is 0 Å². The molecule has 0 aromatic rings. The molecule has 2 N–H and O–H groups in total. The van der Waals surface area contributed by atoms with E-state index in [-0.39, 0.29) is 5.48 Å². The molecule has 2 rings (SSSR count). The minimum Gasteiger partial charge on any atom is -0.412 e. The lowest BCUT2D eigenvalue weighted by molar-refractivity contribution is 0.359. The van der Waals surface area contributed by atoms with Crippen molar-refractivity contribution in [2.75, 3.05) is 0 Å². The fourth-order valence-electron chi connectivity index (χ4n) is 2.40. The van der Waals surface area contributed by atoms with Gasteiger partial charge in [0.05, 0.1) is 0 Å². The van der Waals surface area contributed by atoms with Gasteiger partial charge in [0.15, 0.2) is 0 Å². The molecule has 0 radical (unpaired) electrons. The molecule has 0 heterocycles. The molecule has 2 unspecified atom stereocenters. The lowest BCUT2D eigenvalue weighted by atomic mass is 9.89. The van der Waals surface area contributed by atoms with Crippen LogP contribution in [0.5, 0.6) is 0 Å². The van der Waals surface area contributed by atoms with Gasteiger partial charge in [-0.2, -0.15) is 0 Å². The first-order chi connectivity index (χ1) is 3.95. The van der Waals surface area contributed by atoms with E-state index < -0.39 is 0 Å². The largest absolute Gasteiger partial charge is 0.412 e. The van der Waals surface area contributed by atoms with Crippen molar-refractivity contribution < 1.29 is 5.48 Å². The predicted octanol–water partition coefficient (Wildman–Crippen LogP) is 1.76. The number of hydrogen-bond donors (Lipinski definition) is 0. The van der Waals surface area contributed by atoms with Gasteiger partial charge in [-0.05, 0) is 18.3 Å². The van der Waals surface area contributed by atoms with Crippen LogP contribution in [0.1, 0.15) is 38.5 Å². The second kappa shape index (κ2) is 2.70. The zero-order valence-electron chi connectivity index (χ0n) is 5.90. The lowest BCUT2D eigenvalue weighted by Gasteiger charge is -2.16. The normalized spacial score (nSPS) is 40.0. The van der Waals surface area contributed by atoms with Gasteiger partial charge in [-0.25, -0.2) is 0 Å². The molecule has 9 heavy (non-hydrogen) atoms. The van der Waals surface area contributed by atoms with Crippen molar-refractivity contribution in [2.24, 2.45) is 11.8 Å². The van der Waals surface area contributed by atoms with Crippen LogP contribution in [0.2, 0.25) is 0 Å². The van der Waals surface area contributed by atoms with Crippen molar-refractivity contribution in [2.45, 2.75) is 38.5 Å². The van der Waals surface area contributed by atoms with Gasteiger partial charge in [0.1, 0.15) is 0 Å². The highest BCUT2D eigenvalue weighted by Crippen LogP contribution is 2.41. The van der Waals surface area contributed by atoms with E-state index in [4.69, 9.17) is 0 Å². The first-order valence-electron chi connectivity index (χ1n) is 3.95. The Kier molecular flexibility index (Phi) is 2.12. The van der Waals surface area contributed by atoms with Crippen LogP contribution in [-0.2, 0) is 0 Å². The van der Waals surface area contributed by atoms with Gasteiger partial charge in [0.25, 0.3) is 0 Å². The Bertz CT molecular complexity index is 76.6. The number of fused-ring (bicyclic) bond motifs is 2. The van der Waals surface area contributed by atoms with E-state index in [0.717, 1.165) is 11.8 Å². The van der Waals surface area contributed by atoms with E-state index >= 15 is 0 Å². The Morgan fingerprint density at radius 3 is 1.78 bits per heavy atom. The van der Waals surface area contributed by atoms with Crippen molar-refractivity contribution in [1.29, 1.82) is 0 Å². The minimum absolute atomic E-state index is 0. The summed E-state index contributed by atoms with van der Waals surface area (Å²) in [6.45, 7) is 0. The van der Waals surface area contributed by atoms with Gasteiger partial charge in [-0.15, -0.1) is 0 Å². The maximum Gasteiger partial charge on any atom is -0.0412 e. The maximum absolute atomic E-state index is 1.58. The highest BCUT2D eigenvalue weighted by Gasteiger charge is 2.27. The Hall–Kier alpha value is -0.0400. The molecule has 2 saturated carbocycles. The molecule has 0 saturated heterocycles. The highest BCUT2D eigenvalue weighted by molar-refractivity contribution is 4.80. The van der Waals surface area contributed by atoms with Crippen LogP contribution < -0.4 is 0 Å². The van der Waals surface area contributed by atoms with Crippen LogP contribution in [0.25, 0.3) is 0 Å². The first kappa shape index (κ1) is 7.07. The molecule has 0 aromatic carbocycles. The Balaban J connectivity index is 0.000000405. The van der Waals surface area contributed by atoms with Gasteiger partial charge < -0.3 is 5.48 Å². The Labute approximate surface area is 56.8 Å². The van der Waals surface area contributed by atoms with Crippen LogP contribution in [0.15, 0.2) is 0 Å². The molecular weight excluding hydrogens is 112 g/mol. The number of hydrogen-bond acceptors (Lipinski definition) is 0. The molecule has 2 aliphatic carbocycles. The van der Waals surface area contributed by atoms with Crippen molar-refractivity contribution >= 4 is 0 Å². The molecule has 2 aliphatic rings. The van der Waals surface area contributed by atoms with Crippen molar-refractivity contribution in [3.8, 4) is 0 Å². The Morgan fingerprint density at radius 1 is 0.778 bits per heavy atom. The zero-order chi connectivity index (χ0) is 5.40. The smallest absolute Gasteiger partial charge is 0.0412 e. The van der Waals surface area contributed by atoms with Gasteiger partial charge >= 0.3 is 0 Å². The van der Waals surface area contributed by atoms with Gasteiger partial charge in [0.2, 0.25) is 0 Å². The fraction of sp³-hybridized carbons (Fsp3) is 1.00. The monoisotopic (exact) mass is 128 g/mol. The van der Waals surface area contributed by atoms with Crippen molar-refractivity contribution in [1.82, 2.24) is 0 Å². The van der Waals surface area contributed by atoms with E-state index in [0.29, 0.717) is 0 Å². The summed E-state index contributed by atoms with van der Waals surface area (Å²) in [6.07, 6.45) is 9.34. The van der Waals surface area contributed by atoms with E-state index in [1.54, 1.807) is 32.1 Å². The third-order valence-electron chi connectivity index (χ3n) is 2.87. The second-order valence-corrected chi connectivity index (χ2v) is 3.48. The van der Waals surface area contributed by atoms with Gasteiger partial charge in [0, 0.05) is 0 Å². The Morgan fingerprint density at radius 2 is 1.33 bits per heavy atom. The summed E-state index contributed by atoms with van der Waals surface area (Å²) < 4.78 is 0. The summed E-state index contributed by atoms with van der Waals surface area (Å²) in [5.74, 6) is 2.32. The third kappa shape index (κ3) is 1.26. The average molecular weight is 128 g/mol. The lowest BCUT2D eigenvalue weighted by Crippen LogP contribution is -2.03. The summed E-state index contributed by atoms with van der Waals surface area (Å²) in [4.78, 5) is 0. The summed E-state index contributed by atoms with van der Waals surface area (Å²) in [7, 11) is 0. The first-order valence-corrected chi connectivity index (χ1v) is 3.95. The van der Waals surface area contributed by atoms with Crippen LogP contribution >= 0.6 is 0 Å². The van der Waals surface area contributed by atoms with Crippen molar-refractivity contribution in [3.63, 3.8) is 0 Å². The standard InChI is InChI=1S/C8H14.H2O/c1-2-7-4-5-8(3-1)6-7;/h7-8H,1-6H2;1H2. The summed E-state index contributed by atoms with van der Waals surface area (Å²) in [5, 5.41) is 0. The molecule has 0 aliphatic heterocycles. The molecule has 1 heteroatoms. The van der Waals surface area contributed by atoms with Crippen LogP contribution in [-0.4, -0.2) is 5.48 Å². The minimum atomic E-state index is 0. The summed E-state index contributed by atoms with van der Waals surface area (Å²) >= 11 is 0. The number of rotatable bonds is 0. The molecule has 0 spiro atoms. The highest BCUT2D eigenvalue weighted by atomic mass is 16.0. The molecule has 2 fully saturated rings. The van der Waals surface area contributed by atoms with Crippen LogP contribution in [0, 0.1) is 11.8 Å². The third-order valence-corrected chi connectivity index (χ3v) is 2.87. The molecule has 2 bridgehead atoms. The molecular formula is C8H16O. The average Bonchev–Trinajstić information content (AvgIpc) is 2.12. The maximum atomic E-state index is 1.58. The van der Waals surface area contributed by atoms with E-state index in [1.165, 1.54) is 6.42 Å². The molecule has 0 aromatic heterocycles. The SMILES string of the molecule is C1CC2CCC(C1)C2.O. The fourth-order valence-corrected chi connectivity index (χ4v) is 2.40.